The lowest BCUT2D eigenvalue weighted by atomic mass is 9.79. The smallest absolute Gasteiger partial charge is 0.223 e. The summed E-state index contributed by atoms with van der Waals surface area (Å²) < 4.78 is 0. The molecule has 0 aromatic heterocycles. The Morgan fingerprint density at radius 2 is 1.90 bits per heavy atom. The van der Waals surface area contributed by atoms with Gasteiger partial charge in [-0.15, -0.1) is 0 Å². The summed E-state index contributed by atoms with van der Waals surface area (Å²) in [4.78, 5) is 12.6. The minimum atomic E-state index is 0.208. The molecule has 0 aromatic carbocycles. The molecule has 116 valence electrons. The normalized spacial score (nSPS) is 26.4. The van der Waals surface area contributed by atoms with Gasteiger partial charge in [-0.2, -0.15) is 0 Å². The first-order valence-corrected chi connectivity index (χ1v) is 8.68. The van der Waals surface area contributed by atoms with Crippen molar-refractivity contribution in [2.24, 2.45) is 17.8 Å². The van der Waals surface area contributed by atoms with Crippen LogP contribution in [0.1, 0.15) is 65.2 Å². The summed E-state index contributed by atoms with van der Waals surface area (Å²) in [5.41, 5.74) is 0. The molecular formula is C17H32N2O. The number of carbonyl (C=O) groups is 1. The van der Waals surface area contributed by atoms with E-state index in [1.165, 1.54) is 38.5 Å². The lowest BCUT2D eigenvalue weighted by Gasteiger charge is -2.30. The lowest BCUT2D eigenvalue weighted by molar-refractivity contribution is -0.128. The van der Waals surface area contributed by atoms with Gasteiger partial charge in [-0.3, -0.25) is 4.79 Å². The van der Waals surface area contributed by atoms with E-state index in [-0.39, 0.29) is 5.92 Å². The first-order valence-electron chi connectivity index (χ1n) is 8.68. The second kappa shape index (κ2) is 8.02. The van der Waals surface area contributed by atoms with Gasteiger partial charge in [0.15, 0.2) is 0 Å². The van der Waals surface area contributed by atoms with Crippen LogP contribution in [-0.4, -0.2) is 25.0 Å². The van der Waals surface area contributed by atoms with Crippen molar-refractivity contribution < 1.29 is 4.79 Å². The largest absolute Gasteiger partial charge is 0.352 e. The zero-order chi connectivity index (χ0) is 14.4. The third-order valence-electron chi connectivity index (χ3n) is 5.10. The highest BCUT2D eigenvalue weighted by atomic mass is 16.2. The van der Waals surface area contributed by atoms with E-state index in [4.69, 9.17) is 0 Å². The van der Waals surface area contributed by atoms with Crippen LogP contribution in [0.25, 0.3) is 0 Å². The molecule has 2 fully saturated rings. The van der Waals surface area contributed by atoms with Crippen LogP contribution in [0, 0.1) is 17.8 Å². The van der Waals surface area contributed by atoms with Crippen LogP contribution in [-0.2, 0) is 4.79 Å². The molecule has 2 atom stereocenters. The molecule has 1 aliphatic heterocycles. The van der Waals surface area contributed by atoms with Gasteiger partial charge in [-0.25, -0.2) is 0 Å². The third-order valence-corrected chi connectivity index (χ3v) is 5.10. The number of amides is 1. The zero-order valence-electron chi connectivity index (χ0n) is 13.3. The lowest BCUT2D eigenvalue weighted by Crippen LogP contribution is -2.48. The van der Waals surface area contributed by atoms with Gasteiger partial charge in [-0.1, -0.05) is 46.0 Å². The first-order chi connectivity index (χ1) is 9.66. The Balaban J connectivity index is 1.84. The fourth-order valence-corrected chi connectivity index (χ4v) is 3.75. The minimum absolute atomic E-state index is 0.208. The standard InChI is InChI=1S/C17H32N2O/c1-13(2)16(11-14-7-4-3-5-8-14)17(20)19-15-9-6-10-18-12-15/h13-16,18H,3-12H2,1-2H3,(H,19,20). The maximum atomic E-state index is 12.6. The number of hydrogen-bond donors (Lipinski definition) is 2. The van der Waals surface area contributed by atoms with E-state index in [1.54, 1.807) is 0 Å². The predicted octanol–water partition coefficient (Wildman–Crippen LogP) is 3.10. The van der Waals surface area contributed by atoms with Gasteiger partial charge >= 0.3 is 0 Å². The molecule has 1 heterocycles. The average Bonchev–Trinajstić information content (AvgIpc) is 2.46. The Morgan fingerprint density at radius 1 is 1.15 bits per heavy atom. The number of rotatable bonds is 5. The fraction of sp³-hybridized carbons (Fsp3) is 0.941. The van der Waals surface area contributed by atoms with Gasteiger partial charge < -0.3 is 10.6 Å². The Bertz CT molecular complexity index is 291. The van der Waals surface area contributed by atoms with E-state index in [0.29, 0.717) is 17.9 Å². The topological polar surface area (TPSA) is 41.1 Å². The average molecular weight is 280 g/mol. The van der Waals surface area contributed by atoms with Gasteiger partial charge in [0.1, 0.15) is 0 Å². The second-order valence-corrected chi connectivity index (χ2v) is 7.14. The number of hydrogen-bond acceptors (Lipinski definition) is 2. The van der Waals surface area contributed by atoms with Crippen molar-refractivity contribution in [1.82, 2.24) is 10.6 Å². The molecule has 20 heavy (non-hydrogen) atoms. The van der Waals surface area contributed by atoms with Crippen LogP contribution in [0.2, 0.25) is 0 Å². The number of nitrogens with one attached hydrogen (secondary N) is 2. The van der Waals surface area contributed by atoms with E-state index < -0.39 is 0 Å². The van der Waals surface area contributed by atoms with Crippen molar-refractivity contribution in [2.75, 3.05) is 13.1 Å². The molecule has 1 aliphatic carbocycles. The molecular weight excluding hydrogens is 248 g/mol. The highest BCUT2D eigenvalue weighted by Gasteiger charge is 2.28. The molecule has 2 rings (SSSR count). The van der Waals surface area contributed by atoms with E-state index in [0.717, 1.165) is 31.8 Å². The van der Waals surface area contributed by atoms with E-state index >= 15 is 0 Å². The van der Waals surface area contributed by atoms with Crippen molar-refractivity contribution in [3.05, 3.63) is 0 Å². The van der Waals surface area contributed by atoms with Crippen LogP contribution in [0.4, 0.5) is 0 Å². The molecule has 0 radical (unpaired) electrons. The highest BCUT2D eigenvalue weighted by Crippen LogP contribution is 2.31. The SMILES string of the molecule is CC(C)C(CC1CCCCC1)C(=O)NC1CCCNC1. The summed E-state index contributed by atoms with van der Waals surface area (Å²) in [5.74, 6) is 1.75. The molecule has 1 saturated carbocycles. The molecule has 0 bridgehead atoms. The summed E-state index contributed by atoms with van der Waals surface area (Å²) in [6.07, 6.45) is 10.2. The minimum Gasteiger partial charge on any atom is -0.352 e. The molecule has 1 saturated heterocycles. The Kier molecular flexibility index (Phi) is 6.34. The van der Waals surface area contributed by atoms with Crippen LogP contribution in [0.3, 0.4) is 0 Å². The molecule has 0 aromatic rings. The molecule has 3 nitrogen and oxygen atoms in total. The van der Waals surface area contributed by atoms with Gasteiger partial charge in [-0.05, 0) is 37.6 Å². The monoisotopic (exact) mass is 280 g/mol. The fourth-order valence-electron chi connectivity index (χ4n) is 3.75. The van der Waals surface area contributed by atoms with Crippen LogP contribution in [0.15, 0.2) is 0 Å². The van der Waals surface area contributed by atoms with Gasteiger partial charge in [0.05, 0.1) is 0 Å². The van der Waals surface area contributed by atoms with Gasteiger partial charge in [0, 0.05) is 18.5 Å². The summed E-state index contributed by atoms with van der Waals surface area (Å²) in [5, 5.41) is 6.66. The van der Waals surface area contributed by atoms with Crippen molar-refractivity contribution in [2.45, 2.75) is 71.3 Å². The quantitative estimate of drug-likeness (QED) is 0.812. The molecule has 2 unspecified atom stereocenters. The maximum Gasteiger partial charge on any atom is 0.223 e. The van der Waals surface area contributed by atoms with E-state index in [9.17, 15) is 4.79 Å². The molecule has 1 amide bonds. The molecule has 3 heteroatoms. The Labute approximate surface area is 124 Å². The summed E-state index contributed by atoms with van der Waals surface area (Å²) in [7, 11) is 0. The van der Waals surface area contributed by atoms with Crippen molar-refractivity contribution >= 4 is 5.91 Å². The Hall–Kier alpha value is -0.570. The summed E-state index contributed by atoms with van der Waals surface area (Å²) in [6, 6.07) is 0.351. The number of carbonyl (C=O) groups excluding carboxylic acids is 1. The molecule has 2 aliphatic rings. The van der Waals surface area contributed by atoms with Gasteiger partial charge in [0.2, 0.25) is 5.91 Å². The summed E-state index contributed by atoms with van der Waals surface area (Å²) in [6.45, 7) is 6.44. The van der Waals surface area contributed by atoms with Crippen molar-refractivity contribution in [1.29, 1.82) is 0 Å². The number of piperidine rings is 1. The van der Waals surface area contributed by atoms with Crippen molar-refractivity contribution in [3.8, 4) is 0 Å². The van der Waals surface area contributed by atoms with E-state index in [1.807, 2.05) is 0 Å². The first kappa shape index (κ1) is 15.8. The maximum absolute atomic E-state index is 12.6. The van der Waals surface area contributed by atoms with Crippen molar-refractivity contribution in [3.63, 3.8) is 0 Å². The second-order valence-electron chi connectivity index (χ2n) is 7.14. The Morgan fingerprint density at radius 3 is 2.50 bits per heavy atom. The molecule has 2 N–H and O–H groups in total. The van der Waals surface area contributed by atoms with Crippen LogP contribution in [0.5, 0.6) is 0 Å². The van der Waals surface area contributed by atoms with E-state index in [2.05, 4.69) is 24.5 Å². The highest BCUT2D eigenvalue weighted by molar-refractivity contribution is 5.79. The van der Waals surface area contributed by atoms with Crippen LogP contribution < -0.4 is 10.6 Å². The summed E-state index contributed by atoms with van der Waals surface area (Å²) >= 11 is 0. The predicted molar refractivity (Wildman–Crippen MR) is 83.6 cm³/mol. The van der Waals surface area contributed by atoms with Gasteiger partial charge in [0.25, 0.3) is 0 Å². The zero-order valence-corrected chi connectivity index (χ0v) is 13.3. The molecule has 0 spiro atoms. The van der Waals surface area contributed by atoms with Crippen LogP contribution >= 0.6 is 0 Å². The third kappa shape index (κ3) is 4.76.